The van der Waals surface area contributed by atoms with Gasteiger partial charge in [-0.1, -0.05) is 30.3 Å². The second kappa shape index (κ2) is 7.71. The normalized spacial score (nSPS) is 16.8. The van der Waals surface area contributed by atoms with Crippen LogP contribution in [0.3, 0.4) is 0 Å². The van der Waals surface area contributed by atoms with Crippen molar-refractivity contribution < 1.29 is 34.8 Å². The Morgan fingerprint density at radius 3 is 2.25 bits per heavy atom. The fraction of sp³-hybridized carbons (Fsp3) is 0.385. The van der Waals surface area contributed by atoms with E-state index in [9.17, 15) is 24.9 Å². The van der Waals surface area contributed by atoms with Crippen LogP contribution in [0.4, 0.5) is 0 Å². The number of aldehydes is 1. The highest BCUT2D eigenvalue weighted by Gasteiger charge is 2.35. The quantitative estimate of drug-likeness (QED) is 0.350. The average molecular weight is 284 g/mol. The van der Waals surface area contributed by atoms with Gasteiger partial charge in [0.2, 0.25) is 0 Å². The molecule has 4 atom stereocenters. The summed E-state index contributed by atoms with van der Waals surface area (Å²) in [5, 5.41) is 37.2. The summed E-state index contributed by atoms with van der Waals surface area (Å²) in [5.74, 6) is -1.17. The molecule has 0 saturated heterocycles. The van der Waals surface area contributed by atoms with Crippen molar-refractivity contribution in [2.45, 2.75) is 31.0 Å². The molecule has 7 nitrogen and oxygen atoms in total. The lowest BCUT2D eigenvalue weighted by molar-refractivity contribution is -0.170. The minimum absolute atomic E-state index is 0.0179. The lowest BCUT2D eigenvalue weighted by Gasteiger charge is -2.22. The van der Waals surface area contributed by atoms with Gasteiger partial charge in [0.15, 0.2) is 12.4 Å². The molecule has 7 heteroatoms. The van der Waals surface area contributed by atoms with Crippen LogP contribution in [-0.2, 0) is 20.9 Å². The Hall–Kier alpha value is -1.80. The van der Waals surface area contributed by atoms with Crippen LogP contribution in [0, 0.1) is 0 Å². The van der Waals surface area contributed by atoms with E-state index in [0.717, 1.165) is 0 Å². The molecule has 1 rings (SSSR count). The third kappa shape index (κ3) is 4.39. The average Bonchev–Trinajstić information content (AvgIpc) is 2.50. The third-order valence-corrected chi connectivity index (χ3v) is 2.63. The molecular formula is C13H16O7. The maximum Gasteiger partial charge on any atom is 0.338 e. The summed E-state index contributed by atoms with van der Waals surface area (Å²) in [7, 11) is 0. The van der Waals surface area contributed by atoms with Crippen molar-refractivity contribution in [3.05, 3.63) is 35.9 Å². The SMILES string of the molecule is O=C[C@H](O)[C@@H](O)[C@H](O)[C@H](O)C(=O)OCc1ccccc1. The van der Waals surface area contributed by atoms with E-state index in [1.807, 2.05) is 0 Å². The summed E-state index contributed by atoms with van der Waals surface area (Å²) >= 11 is 0. The predicted molar refractivity (Wildman–Crippen MR) is 66.3 cm³/mol. The summed E-state index contributed by atoms with van der Waals surface area (Å²) < 4.78 is 4.74. The van der Waals surface area contributed by atoms with Crippen molar-refractivity contribution in [1.29, 1.82) is 0 Å². The van der Waals surface area contributed by atoms with Gasteiger partial charge < -0.3 is 30.0 Å². The van der Waals surface area contributed by atoms with Crippen LogP contribution in [0.5, 0.6) is 0 Å². The number of esters is 1. The van der Waals surface area contributed by atoms with E-state index < -0.39 is 30.4 Å². The van der Waals surface area contributed by atoms with E-state index in [2.05, 4.69) is 0 Å². The summed E-state index contributed by atoms with van der Waals surface area (Å²) in [5.41, 5.74) is 0.677. The van der Waals surface area contributed by atoms with Crippen LogP contribution in [0.2, 0.25) is 0 Å². The van der Waals surface area contributed by atoms with E-state index in [-0.39, 0.29) is 12.9 Å². The molecule has 0 radical (unpaired) electrons. The standard InChI is InChI=1S/C13H16O7/c14-6-9(15)10(16)11(17)12(18)13(19)20-7-8-4-2-1-3-5-8/h1-6,9-12,15-18H,7H2/t9-,10+,11-,12-/m0/s1. The molecule has 110 valence electrons. The lowest BCUT2D eigenvalue weighted by atomic mass is 10.0. The molecule has 0 bridgehead atoms. The Labute approximate surface area is 115 Å². The van der Waals surface area contributed by atoms with Gasteiger partial charge in [0, 0.05) is 0 Å². The van der Waals surface area contributed by atoms with Gasteiger partial charge in [0.1, 0.15) is 24.9 Å². The van der Waals surface area contributed by atoms with Crippen LogP contribution in [0.25, 0.3) is 0 Å². The highest BCUT2D eigenvalue weighted by molar-refractivity contribution is 5.75. The van der Waals surface area contributed by atoms with Gasteiger partial charge in [-0.05, 0) is 5.56 Å². The van der Waals surface area contributed by atoms with Crippen molar-refractivity contribution in [1.82, 2.24) is 0 Å². The van der Waals surface area contributed by atoms with Gasteiger partial charge in [-0.15, -0.1) is 0 Å². The molecule has 20 heavy (non-hydrogen) atoms. The summed E-state index contributed by atoms with van der Waals surface area (Å²) in [6.45, 7) is -0.115. The molecule has 0 aliphatic heterocycles. The van der Waals surface area contributed by atoms with Crippen LogP contribution >= 0.6 is 0 Å². The number of carbonyl (C=O) groups is 2. The third-order valence-electron chi connectivity index (χ3n) is 2.63. The smallest absolute Gasteiger partial charge is 0.338 e. The van der Waals surface area contributed by atoms with Crippen LogP contribution in [0.15, 0.2) is 30.3 Å². The molecule has 0 aliphatic carbocycles. The van der Waals surface area contributed by atoms with E-state index in [1.54, 1.807) is 30.3 Å². The molecule has 4 N–H and O–H groups in total. The lowest BCUT2D eigenvalue weighted by Crippen LogP contribution is -2.48. The summed E-state index contributed by atoms with van der Waals surface area (Å²) in [6.07, 6.45) is -7.99. The number of aliphatic hydroxyl groups is 4. The largest absolute Gasteiger partial charge is 0.459 e. The molecule has 0 aliphatic rings. The predicted octanol–water partition coefficient (Wildman–Crippen LogP) is -1.63. The minimum Gasteiger partial charge on any atom is -0.459 e. The molecule has 0 saturated carbocycles. The first-order chi connectivity index (χ1) is 9.47. The first-order valence-electron chi connectivity index (χ1n) is 5.85. The molecule has 1 aromatic rings. The second-order valence-corrected chi connectivity index (χ2v) is 4.15. The fourth-order valence-corrected chi connectivity index (χ4v) is 1.42. The van der Waals surface area contributed by atoms with Crippen LogP contribution < -0.4 is 0 Å². The number of hydrogen-bond acceptors (Lipinski definition) is 7. The highest BCUT2D eigenvalue weighted by Crippen LogP contribution is 2.08. The Kier molecular flexibility index (Phi) is 6.26. The Morgan fingerprint density at radius 1 is 1.10 bits per heavy atom. The summed E-state index contributed by atoms with van der Waals surface area (Å²) in [6, 6.07) is 8.64. The van der Waals surface area contributed by atoms with E-state index in [0.29, 0.717) is 5.56 Å². The van der Waals surface area contributed by atoms with Gasteiger partial charge in [0.25, 0.3) is 0 Å². The molecule has 0 aromatic heterocycles. The van der Waals surface area contributed by atoms with Crippen LogP contribution in [-0.4, -0.2) is 57.1 Å². The zero-order chi connectivity index (χ0) is 15.1. The molecule has 0 spiro atoms. The van der Waals surface area contributed by atoms with Crippen molar-refractivity contribution in [3.8, 4) is 0 Å². The topological polar surface area (TPSA) is 124 Å². The number of aliphatic hydroxyl groups excluding tert-OH is 4. The highest BCUT2D eigenvalue weighted by atomic mass is 16.5. The monoisotopic (exact) mass is 284 g/mol. The number of rotatable bonds is 7. The Balaban J connectivity index is 2.52. The fourth-order valence-electron chi connectivity index (χ4n) is 1.42. The number of carbonyl (C=O) groups excluding carboxylic acids is 2. The van der Waals surface area contributed by atoms with Crippen molar-refractivity contribution >= 4 is 12.3 Å². The maximum atomic E-state index is 11.5. The van der Waals surface area contributed by atoms with Gasteiger partial charge in [0.05, 0.1) is 0 Å². The van der Waals surface area contributed by atoms with Crippen molar-refractivity contribution in [2.75, 3.05) is 0 Å². The minimum atomic E-state index is -2.07. The van der Waals surface area contributed by atoms with Crippen molar-refractivity contribution in [3.63, 3.8) is 0 Å². The van der Waals surface area contributed by atoms with Gasteiger partial charge in [-0.25, -0.2) is 4.79 Å². The second-order valence-electron chi connectivity index (χ2n) is 4.15. The van der Waals surface area contributed by atoms with E-state index in [1.165, 1.54) is 0 Å². The Bertz CT molecular complexity index is 434. The number of hydrogen-bond donors (Lipinski definition) is 4. The first kappa shape index (κ1) is 16.3. The van der Waals surface area contributed by atoms with E-state index in [4.69, 9.17) is 9.84 Å². The van der Waals surface area contributed by atoms with Gasteiger partial charge >= 0.3 is 5.97 Å². The van der Waals surface area contributed by atoms with Gasteiger partial charge in [-0.2, -0.15) is 0 Å². The first-order valence-corrected chi connectivity index (χ1v) is 5.85. The molecule has 0 fully saturated rings. The van der Waals surface area contributed by atoms with Crippen molar-refractivity contribution in [2.24, 2.45) is 0 Å². The number of ether oxygens (including phenoxy) is 1. The molecule has 0 unspecified atom stereocenters. The zero-order valence-electron chi connectivity index (χ0n) is 10.5. The van der Waals surface area contributed by atoms with Crippen LogP contribution in [0.1, 0.15) is 5.56 Å². The zero-order valence-corrected chi connectivity index (χ0v) is 10.5. The Morgan fingerprint density at radius 2 is 1.70 bits per heavy atom. The molecule has 0 amide bonds. The maximum absolute atomic E-state index is 11.5. The molecule has 0 heterocycles. The molecule has 1 aromatic carbocycles. The number of benzene rings is 1. The van der Waals surface area contributed by atoms with E-state index >= 15 is 0 Å². The molecular weight excluding hydrogens is 268 g/mol. The summed E-state index contributed by atoms with van der Waals surface area (Å²) in [4.78, 5) is 21.7. The van der Waals surface area contributed by atoms with Gasteiger partial charge in [-0.3, -0.25) is 0 Å².